The summed E-state index contributed by atoms with van der Waals surface area (Å²) >= 11 is 11.0. The van der Waals surface area contributed by atoms with Crippen molar-refractivity contribution in [2.75, 3.05) is 10.2 Å². The minimum absolute atomic E-state index is 0. The first-order valence-electron chi connectivity index (χ1n) is 7.46. The zero-order valence-corrected chi connectivity index (χ0v) is 20.1. The first kappa shape index (κ1) is 25.3. The molecule has 0 radical (unpaired) electrons. The second kappa shape index (κ2) is 9.24. The van der Waals surface area contributed by atoms with Crippen molar-refractivity contribution in [1.82, 2.24) is 0 Å². The van der Waals surface area contributed by atoms with E-state index in [9.17, 15) is 30.9 Å². The summed E-state index contributed by atoms with van der Waals surface area (Å²) in [5.41, 5.74) is -1.01. The first-order valence-corrected chi connectivity index (χ1v) is 10.6. The molecule has 2 aromatic rings. The number of hydrogen-bond donors (Lipinski definition) is 1. The van der Waals surface area contributed by atoms with Gasteiger partial charge in [-0.2, -0.15) is 13.2 Å². The Morgan fingerprint density at radius 3 is 2.50 bits per heavy atom. The molecule has 3 rings (SSSR count). The van der Waals surface area contributed by atoms with Crippen LogP contribution in [-0.4, -0.2) is 33.4 Å². The molecular formula is C15H8F3N2NaO5S4. The van der Waals surface area contributed by atoms with Crippen molar-refractivity contribution in [2.45, 2.75) is 16.5 Å². The molecule has 1 aromatic heterocycles. The number of benzene rings is 1. The van der Waals surface area contributed by atoms with Crippen LogP contribution in [0.1, 0.15) is 5.56 Å². The van der Waals surface area contributed by atoms with E-state index in [1.165, 1.54) is 6.07 Å². The molecule has 7 nitrogen and oxygen atoms in total. The van der Waals surface area contributed by atoms with E-state index in [2.05, 4.69) is 5.32 Å². The van der Waals surface area contributed by atoms with Gasteiger partial charge in [-0.15, -0.1) is 0 Å². The maximum atomic E-state index is 12.9. The van der Waals surface area contributed by atoms with Gasteiger partial charge >= 0.3 is 35.7 Å². The molecule has 154 valence electrons. The molecule has 1 amide bonds. The Kier molecular flexibility index (Phi) is 7.78. The predicted octanol–water partition coefficient (Wildman–Crippen LogP) is 0.379. The zero-order chi connectivity index (χ0) is 21.6. The van der Waals surface area contributed by atoms with Crippen LogP contribution in [0.25, 0.3) is 0 Å². The number of halogens is 3. The summed E-state index contributed by atoms with van der Waals surface area (Å²) in [6.45, 7) is 0. The van der Waals surface area contributed by atoms with Gasteiger partial charge in [0.1, 0.15) is 14.6 Å². The topological polar surface area (TPSA) is 103 Å². The van der Waals surface area contributed by atoms with E-state index in [0.29, 0.717) is 0 Å². The van der Waals surface area contributed by atoms with E-state index in [1.54, 1.807) is 0 Å². The standard InChI is InChI=1S/C15H9F3N2O5S4.Na/c16-15(17,18)7-2-1-3-8(6-7)20-13(21)11(28-14(20)27)12(26)19-9-4-5-10(25-9)29(22,23)24;/h1-6,11H,(H,19,26)(H,22,23,24);/q;+1/p-1. The molecule has 0 saturated carbocycles. The number of furan rings is 1. The minimum Gasteiger partial charge on any atom is -0.742 e. The average molecular weight is 504 g/mol. The average Bonchev–Trinajstić information content (AvgIpc) is 3.18. The number of alkyl halides is 3. The van der Waals surface area contributed by atoms with Crippen LogP contribution >= 0.6 is 36.2 Å². The molecule has 1 atom stereocenters. The van der Waals surface area contributed by atoms with E-state index in [1.807, 2.05) is 0 Å². The number of nitrogens with one attached hydrogen (secondary N) is 1. The molecule has 0 aliphatic carbocycles. The van der Waals surface area contributed by atoms with Crippen LogP contribution in [0.5, 0.6) is 0 Å². The Morgan fingerprint density at radius 2 is 1.93 bits per heavy atom. The van der Waals surface area contributed by atoms with Crippen LogP contribution in [0, 0.1) is 0 Å². The predicted molar refractivity (Wildman–Crippen MR) is 106 cm³/mol. The maximum absolute atomic E-state index is 12.9. The molecular weight excluding hydrogens is 496 g/mol. The Labute approximate surface area is 205 Å². The first-order chi connectivity index (χ1) is 13.4. The molecule has 1 aliphatic heterocycles. The third kappa shape index (κ3) is 5.43. The van der Waals surface area contributed by atoms with Crippen LogP contribution in [0.2, 0.25) is 0 Å². The second-order valence-corrected chi connectivity index (χ2v) is 9.04. The van der Waals surface area contributed by atoms with Crippen LogP contribution in [-0.2, 0) is 21.1 Å². The smallest absolute Gasteiger partial charge is 0.742 e. The molecule has 15 heteroatoms. The quantitative estimate of drug-likeness (QED) is 0.360. The monoisotopic (exact) mass is 504 g/mol. The number of thiocarbonyl (C=S) groups is 2. The van der Waals surface area contributed by atoms with Crippen LogP contribution < -0.4 is 39.8 Å². The van der Waals surface area contributed by atoms with E-state index in [4.69, 9.17) is 28.9 Å². The molecule has 1 fully saturated rings. The molecule has 30 heavy (non-hydrogen) atoms. The van der Waals surface area contributed by atoms with Gasteiger partial charge in [0.25, 0.3) is 5.91 Å². The minimum atomic E-state index is -4.81. The molecule has 1 aromatic carbocycles. The van der Waals surface area contributed by atoms with E-state index in [0.717, 1.165) is 47.0 Å². The number of carbonyl (C=O) groups is 1. The van der Waals surface area contributed by atoms with Gasteiger partial charge in [0.05, 0.1) is 11.3 Å². The number of anilines is 2. The summed E-state index contributed by atoms with van der Waals surface area (Å²) in [7, 11) is -4.81. The van der Waals surface area contributed by atoms with E-state index < -0.39 is 38.1 Å². The van der Waals surface area contributed by atoms with Crippen LogP contribution in [0.15, 0.2) is 45.9 Å². The third-order valence-corrected chi connectivity index (χ3v) is 6.32. The zero-order valence-electron chi connectivity index (χ0n) is 14.8. The van der Waals surface area contributed by atoms with Crippen molar-refractivity contribution >= 4 is 73.1 Å². The Bertz CT molecular complexity index is 1120. The van der Waals surface area contributed by atoms with Gasteiger partial charge in [0.2, 0.25) is 5.09 Å². The summed E-state index contributed by atoms with van der Waals surface area (Å²) in [4.78, 5) is 13.5. The number of amides is 1. The maximum Gasteiger partial charge on any atom is 1.00 e. The van der Waals surface area contributed by atoms with Gasteiger partial charge in [-0.3, -0.25) is 9.69 Å². The normalized spacial score (nSPS) is 17.1. The molecule has 2 heterocycles. The van der Waals surface area contributed by atoms with Crippen molar-refractivity contribution in [3.05, 3.63) is 42.0 Å². The number of carbonyl (C=O) groups excluding carboxylic acids is 1. The van der Waals surface area contributed by atoms with Crippen LogP contribution in [0.4, 0.5) is 24.7 Å². The summed E-state index contributed by atoms with van der Waals surface area (Å²) in [6.07, 6.45) is -4.59. The number of nitrogens with zero attached hydrogens (tertiary/aromatic N) is 1. The van der Waals surface area contributed by atoms with Crippen molar-refractivity contribution < 1.29 is 64.9 Å². The van der Waals surface area contributed by atoms with Crippen molar-refractivity contribution in [3.8, 4) is 0 Å². The molecule has 1 unspecified atom stereocenters. The fourth-order valence-corrected chi connectivity index (χ4v) is 4.47. The van der Waals surface area contributed by atoms with E-state index >= 15 is 0 Å². The van der Waals surface area contributed by atoms with Gasteiger partial charge in [0.15, 0.2) is 16.0 Å². The Balaban J connectivity index is 0.00000320. The van der Waals surface area contributed by atoms with Gasteiger partial charge in [-0.05, 0) is 24.3 Å². The number of hydrogen-bond acceptors (Lipinski definition) is 8. The van der Waals surface area contributed by atoms with Crippen molar-refractivity contribution in [3.63, 3.8) is 0 Å². The van der Waals surface area contributed by atoms with Gasteiger partial charge < -0.3 is 14.3 Å². The summed E-state index contributed by atoms with van der Waals surface area (Å²) in [5, 5.41) is 0.571. The molecule has 1 saturated heterocycles. The summed E-state index contributed by atoms with van der Waals surface area (Å²) < 4.78 is 76.3. The largest absolute Gasteiger partial charge is 1.00 e. The van der Waals surface area contributed by atoms with Gasteiger partial charge in [-0.25, -0.2) is 8.42 Å². The molecule has 1 N–H and O–H groups in total. The fourth-order valence-electron chi connectivity index (χ4n) is 2.34. The molecule has 1 aliphatic rings. The second-order valence-electron chi connectivity index (χ2n) is 5.55. The van der Waals surface area contributed by atoms with Gasteiger partial charge in [0, 0.05) is 6.07 Å². The Morgan fingerprint density at radius 1 is 1.27 bits per heavy atom. The summed E-state index contributed by atoms with van der Waals surface area (Å²) in [5.74, 6) is -0.874. The SMILES string of the molecule is O=C1C(C(=S)Nc2ccc(S(=O)(=O)[O-])o2)SC(=S)N1c1cccc(C(F)(F)F)c1.[Na+]. The van der Waals surface area contributed by atoms with Crippen molar-refractivity contribution in [2.24, 2.45) is 0 Å². The number of thioether (sulfide) groups is 1. The van der Waals surface area contributed by atoms with Gasteiger partial charge in [-0.1, -0.05) is 42.3 Å². The summed E-state index contributed by atoms with van der Waals surface area (Å²) in [6, 6.07) is 6.15. The third-order valence-electron chi connectivity index (χ3n) is 3.59. The molecule has 0 bridgehead atoms. The Hall–Kier alpha value is -1.00. The van der Waals surface area contributed by atoms with Crippen LogP contribution in [0.3, 0.4) is 0 Å². The van der Waals surface area contributed by atoms with Crippen molar-refractivity contribution in [1.29, 1.82) is 0 Å². The molecule has 0 spiro atoms. The number of rotatable bonds is 4. The van der Waals surface area contributed by atoms with E-state index in [-0.39, 0.29) is 50.4 Å². The fraction of sp³-hybridized carbons (Fsp3) is 0.133.